The maximum Gasteiger partial charge on any atom is 0.267 e. The van der Waals surface area contributed by atoms with Crippen LogP contribution >= 0.6 is 11.3 Å². The van der Waals surface area contributed by atoms with Gasteiger partial charge in [0.05, 0.1) is 16.4 Å². The average molecular weight is 300 g/mol. The van der Waals surface area contributed by atoms with Crippen molar-refractivity contribution in [3.05, 3.63) is 46.2 Å². The van der Waals surface area contributed by atoms with Crippen molar-refractivity contribution in [1.82, 2.24) is 25.2 Å². The van der Waals surface area contributed by atoms with E-state index in [1.807, 2.05) is 26.0 Å². The molecule has 3 rings (SSSR count). The minimum atomic E-state index is -0.145. The number of benzene rings is 1. The van der Waals surface area contributed by atoms with Crippen molar-refractivity contribution in [1.29, 1.82) is 0 Å². The predicted molar refractivity (Wildman–Crippen MR) is 78.7 cm³/mol. The molecule has 2 heterocycles. The van der Waals surface area contributed by atoms with Gasteiger partial charge in [0, 0.05) is 5.69 Å². The number of nitrogens with one attached hydrogen (secondary N) is 1. The van der Waals surface area contributed by atoms with Crippen molar-refractivity contribution in [3.8, 4) is 5.69 Å². The SMILES string of the molecule is Cc1nc(C)c(C(=O)Nc2ccc(-n3cnnn3)cc2)s1. The summed E-state index contributed by atoms with van der Waals surface area (Å²) in [6, 6.07) is 7.27. The first-order chi connectivity index (χ1) is 10.1. The van der Waals surface area contributed by atoms with Crippen LogP contribution in [0.15, 0.2) is 30.6 Å². The zero-order valence-corrected chi connectivity index (χ0v) is 12.3. The van der Waals surface area contributed by atoms with Gasteiger partial charge < -0.3 is 5.32 Å². The van der Waals surface area contributed by atoms with Crippen LogP contribution in [0, 0.1) is 13.8 Å². The van der Waals surface area contributed by atoms with E-state index in [-0.39, 0.29) is 5.91 Å². The Morgan fingerprint density at radius 1 is 1.24 bits per heavy atom. The van der Waals surface area contributed by atoms with Crippen molar-refractivity contribution in [2.24, 2.45) is 0 Å². The third-order valence-corrected chi connectivity index (χ3v) is 3.92. The van der Waals surface area contributed by atoms with Crippen LogP contribution in [0.3, 0.4) is 0 Å². The lowest BCUT2D eigenvalue weighted by Crippen LogP contribution is -2.11. The first kappa shape index (κ1) is 13.4. The number of nitrogens with zero attached hydrogens (tertiary/aromatic N) is 5. The fourth-order valence-corrected chi connectivity index (χ4v) is 2.72. The Balaban J connectivity index is 1.76. The highest BCUT2D eigenvalue weighted by Gasteiger charge is 2.13. The molecule has 0 spiro atoms. The molecule has 1 N–H and O–H groups in total. The maximum absolute atomic E-state index is 12.2. The first-order valence-corrected chi connectivity index (χ1v) is 7.04. The standard InChI is InChI=1S/C13H12N6OS/c1-8-12(21-9(2)15-8)13(20)16-10-3-5-11(6-4-10)19-7-14-17-18-19/h3-7H,1-2H3,(H,16,20). The summed E-state index contributed by atoms with van der Waals surface area (Å²) in [5.41, 5.74) is 2.28. The third kappa shape index (κ3) is 2.79. The number of hydrogen-bond donors (Lipinski definition) is 1. The van der Waals surface area contributed by atoms with E-state index in [9.17, 15) is 4.79 Å². The van der Waals surface area contributed by atoms with Crippen molar-refractivity contribution in [3.63, 3.8) is 0 Å². The van der Waals surface area contributed by atoms with Gasteiger partial charge in [0.15, 0.2) is 0 Å². The number of carbonyl (C=O) groups excluding carboxylic acids is 1. The second-order valence-corrected chi connectivity index (χ2v) is 5.61. The molecule has 21 heavy (non-hydrogen) atoms. The van der Waals surface area contributed by atoms with Gasteiger partial charge in [0.1, 0.15) is 11.2 Å². The lowest BCUT2D eigenvalue weighted by Gasteiger charge is -2.05. The molecule has 0 aliphatic rings. The van der Waals surface area contributed by atoms with Crippen molar-refractivity contribution >= 4 is 22.9 Å². The molecule has 0 fully saturated rings. The number of hydrogen-bond acceptors (Lipinski definition) is 6. The second-order valence-electron chi connectivity index (χ2n) is 4.40. The van der Waals surface area contributed by atoms with E-state index in [0.29, 0.717) is 10.6 Å². The third-order valence-electron chi connectivity index (χ3n) is 2.85. The monoisotopic (exact) mass is 300 g/mol. The van der Waals surface area contributed by atoms with Crippen LogP contribution in [-0.4, -0.2) is 31.1 Å². The average Bonchev–Trinajstić information content (AvgIpc) is 3.09. The molecule has 0 saturated heterocycles. The van der Waals surface area contributed by atoms with Crippen molar-refractivity contribution < 1.29 is 4.79 Å². The molecule has 8 heteroatoms. The summed E-state index contributed by atoms with van der Waals surface area (Å²) in [7, 11) is 0. The Bertz CT molecular complexity index is 763. The minimum absolute atomic E-state index is 0.145. The van der Waals surface area contributed by atoms with E-state index >= 15 is 0 Å². The normalized spacial score (nSPS) is 10.6. The Morgan fingerprint density at radius 3 is 2.57 bits per heavy atom. The number of anilines is 1. The molecule has 0 bridgehead atoms. The summed E-state index contributed by atoms with van der Waals surface area (Å²) in [6.07, 6.45) is 1.51. The van der Waals surface area contributed by atoms with E-state index < -0.39 is 0 Å². The highest BCUT2D eigenvalue weighted by Crippen LogP contribution is 2.19. The van der Waals surface area contributed by atoms with Gasteiger partial charge in [0.2, 0.25) is 0 Å². The predicted octanol–water partition coefficient (Wildman–Crippen LogP) is 1.99. The molecule has 1 aromatic carbocycles. The molecule has 1 amide bonds. The Morgan fingerprint density at radius 2 is 2.00 bits per heavy atom. The summed E-state index contributed by atoms with van der Waals surface area (Å²) < 4.78 is 1.54. The van der Waals surface area contributed by atoms with Gasteiger partial charge in [-0.1, -0.05) is 0 Å². The van der Waals surface area contributed by atoms with E-state index in [2.05, 4.69) is 25.8 Å². The van der Waals surface area contributed by atoms with Crippen LogP contribution in [0.25, 0.3) is 5.69 Å². The van der Waals surface area contributed by atoms with E-state index in [1.54, 1.807) is 16.8 Å². The van der Waals surface area contributed by atoms with E-state index in [0.717, 1.165) is 16.4 Å². The summed E-state index contributed by atoms with van der Waals surface area (Å²) in [5.74, 6) is -0.145. The van der Waals surface area contributed by atoms with Gasteiger partial charge in [-0.05, 0) is 48.5 Å². The Kier molecular flexibility index (Phi) is 3.44. The summed E-state index contributed by atoms with van der Waals surface area (Å²) in [4.78, 5) is 17.1. The van der Waals surface area contributed by atoms with Crippen LogP contribution in [0.4, 0.5) is 5.69 Å². The molecule has 3 aromatic rings. The molecule has 0 unspecified atom stereocenters. The summed E-state index contributed by atoms with van der Waals surface area (Å²) in [5, 5.41) is 14.7. The molecule has 0 aliphatic carbocycles. The molecule has 0 saturated carbocycles. The molecule has 106 valence electrons. The van der Waals surface area contributed by atoms with Gasteiger partial charge in [-0.2, -0.15) is 0 Å². The van der Waals surface area contributed by atoms with E-state index in [1.165, 1.54) is 17.7 Å². The van der Waals surface area contributed by atoms with Crippen LogP contribution < -0.4 is 5.32 Å². The van der Waals surface area contributed by atoms with Crippen LogP contribution in [-0.2, 0) is 0 Å². The second kappa shape index (κ2) is 5.41. The van der Waals surface area contributed by atoms with Crippen molar-refractivity contribution in [2.75, 3.05) is 5.32 Å². The molecule has 0 atom stereocenters. The number of amides is 1. The topological polar surface area (TPSA) is 85.6 Å². The highest BCUT2D eigenvalue weighted by molar-refractivity contribution is 7.13. The molecule has 0 radical (unpaired) electrons. The number of aromatic nitrogens is 5. The minimum Gasteiger partial charge on any atom is -0.321 e. The van der Waals surface area contributed by atoms with Gasteiger partial charge in [-0.15, -0.1) is 16.4 Å². The number of thiazole rings is 1. The Hall–Kier alpha value is -2.61. The van der Waals surface area contributed by atoms with Gasteiger partial charge in [-0.3, -0.25) is 4.79 Å². The lowest BCUT2D eigenvalue weighted by atomic mass is 10.2. The van der Waals surface area contributed by atoms with Gasteiger partial charge >= 0.3 is 0 Å². The molecule has 2 aromatic heterocycles. The summed E-state index contributed by atoms with van der Waals surface area (Å²) in [6.45, 7) is 3.72. The zero-order chi connectivity index (χ0) is 14.8. The molecular formula is C13H12N6OS. The van der Waals surface area contributed by atoms with Crippen LogP contribution in [0.2, 0.25) is 0 Å². The van der Waals surface area contributed by atoms with Crippen LogP contribution in [0.1, 0.15) is 20.4 Å². The summed E-state index contributed by atoms with van der Waals surface area (Å²) >= 11 is 1.39. The largest absolute Gasteiger partial charge is 0.321 e. The first-order valence-electron chi connectivity index (χ1n) is 6.22. The maximum atomic E-state index is 12.2. The number of tetrazole rings is 1. The molecular weight excluding hydrogens is 288 g/mol. The van der Waals surface area contributed by atoms with Crippen LogP contribution in [0.5, 0.6) is 0 Å². The molecule has 7 nitrogen and oxygen atoms in total. The molecule has 0 aliphatic heterocycles. The lowest BCUT2D eigenvalue weighted by molar-refractivity contribution is 0.103. The zero-order valence-electron chi connectivity index (χ0n) is 11.4. The number of aryl methyl sites for hydroxylation is 2. The van der Waals surface area contributed by atoms with Gasteiger partial charge in [0.25, 0.3) is 5.91 Å². The smallest absolute Gasteiger partial charge is 0.267 e. The quantitative estimate of drug-likeness (QED) is 0.799. The fourth-order valence-electron chi connectivity index (χ4n) is 1.91. The fraction of sp³-hybridized carbons (Fsp3) is 0.154. The van der Waals surface area contributed by atoms with E-state index in [4.69, 9.17) is 0 Å². The Labute approximate surface area is 124 Å². The highest BCUT2D eigenvalue weighted by atomic mass is 32.1. The number of rotatable bonds is 3. The number of carbonyl (C=O) groups is 1. The van der Waals surface area contributed by atoms with Gasteiger partial charge in [-0.25, -0.2) is 9.67 Å². The van der Waals surface area contributed by atoms with Crippen molar-refractivity contribution in [2.45, 2.75) is 13.8 Å².